The molecule has 0 N–H and O–H groups in total. The molecule has 0 unspecified atom stereocenters. The van der Waals surface area contributed by atoms with Gasteiger partial charge in [-0.05, 0) is 169 Å². The summed E-state index contributed by atoms with van der Waals surface area (Å²) in [5.74, 6) is -0.847. The standard InChI is InChI=1S/C72H74N4O/c1-67(2)33-35-69(5,6)57-39-46(27-31-55(57)67)51-22-18-23-52(47-28-32-56-58(40-47)70(7,8)36-34-68(56,3)4)66(51)75-45-74(62-25-15-16-26-63(62)75)48-19-17-20-49(41-48)77-50-29-30-54-53-21-13-14-24-61(53)76(64(54)42-50)65-43-59-60(44-73-65)72(11,12)38-37-71(59,9)10/h13-32,39-44H,33-38H2,1-12H3/i1D3,2D3,3D3,4D3,5D3,6D3,7D3,8D3,9D3,10D3,11D3,12D3,27D,28D,31D,32D,33D2,34D2,35D2,36D2,37D2,38D2,39D,40D. The van der Waals surface area contributed by atoms with E-state index in [0.717, 1.165) is 27.3 Å². The van der Waals surface area contributed by atoms with Gasteiger partial charge in [-0.3, -0.25) is 13.7 Å². The number of benzene rings is 7. The Kier molecular flexibility index (Phi) is 3.98. The monoisotopic (exact) mass is 1060 g/mol. The number of rotatable bonds is 7. The summed E-state index contributed by atoms with van der Waals surface area (Å²) < 4.78 is 506. The second-order valence-electron chi connectivity index (χ2n) is 18.9. The van der Waals surface area contributed by atoms with Crippen LogP contribution in [0.5, 0.6) is 11.5 Å². The molecule has 10 aromatic rings. The number of nitrogens with zero attached hydrogens (tertiary/aromatic N) is 4. The molecule has 0 atom stereocenters. The van der Waals surface area contributed by atoms with Crippen molar-refractivity contribution in [2.45, 2.75) is 153 Å². The van der Waals surface area contributed by atoms with Gasteiger partial charge in [0.05, 0.1) is 41.7 Å². The molecule has 5 heteroatoms. The summed E-state index contributed by atoms with van der Waals surface area (Å²) in [5, 5.41) is 0.651. The van der Waals surface area contributed by atoms with Gasteiger partial charge >= 0.3 is 0 Å². The second kappa shape index (κ2) is 17.1. The van der Waals surface area contributed by atoms with Gasteiger partial charge in [0.15, 0.2) is 0 Å². The third-order valence-electron chi connectivity index (χ3n) is 13.7. The van der Waals surface area contributed by atoms with Crippen molar-refractivity contribution < 1.29 is 83.3 Å². The number of hydrogen-bond acceptors (Lipinski definition) is 2. The Morgan fingerprint density at radius 3 is 1.68 bits per heavy atom. The SMILES string of the molecule is [2H]c1c([2H])c2c(c([2H])c1-c1cccc(-c3c([2H])c([2H])c4c(c3[2H])C(C([2H])([2H])[2H])(C([2H])([2H])[2H])C([2H])([2H])C([2H])([2H])C4(C([2H])([2H])[2H])C([2H])([2H])[2H])c1-[n+]1[c-]n(-c3cccc(Oc4ccc5c6ccccc6n(-c6cc7c(cn6)C(C([2H])([2H])[2H])(C([2H])([2H])[2H])C([2H])([2H])C([2H])([2H])C7(C([2H])([2H])[2H])C([2H])([2H])[2H])c5c4)c3)c3ccccc31)C(C([2H])([2H])[2H])(C([2H])([2H])[2H])C([2H])([2H])C([2H])([2H])C2(C([2H])([2H])[2H])C([2H])([2H])[2H]. The number of para-hydroxylation sites is 4. The molecule has 0 saturated heterocycles. The average molecular weight is 1070 g/mol. The van der Waals surface area contributed by atoms with E-state index in [1.807, 2.05) is 0 Å². The molecule has 0 amide bonds. The maximum absolute atomic E-state index is 10.4. The summed E-state index contributed by atoms with van der Waals surface area (Å²) in [6.07, 6.45) is -25.0. The zero-order valence-corrected chi connectivity index (χ0v) is 39.7. The largest absolute Gasteiger partial charge is 0.458 e. The van der Waals surface area contributed by atoms with Crippen LogP contribution in [0.15, 0.2) is 158 Å². The highest BCUT2D eigenvalue weighted by molar-refractivity contribution is 6.09. The van der Waals surface area contributed by atoms with Crippen LogP contribution in [-0.4, -0.2) is 14.1 Å². The molecular formula is C72H74N4O. The van der Waals surface area contributed by atoms with Crippen molar-refractivity contribution in [3.63, 3.8) is 0 Å². The fraction of sp³-hybridized carbons (Fsp3) is 0.333. The van der Waals surface area contributed by atoms with Crippen molar-refractivity contribution in [3.8, 4) is 50.9 Å². The Morgan fingerprint density at radius 2 is 1.04 bits per heavy atom. The molecule has 0 spiro atoms. The van der Waals surface area contributed by atoms with E-state index >= 15 is 0 Å². The van der Waals surface area contributed by atoms with Crippen molar-refractivity contribution >= 4 is 32.8 Å². The zero-order valence-electron chi connectivity index (χ0n) is 93.7. The van der Waals surface area contributed by atoms with Crippen LogP contribution in [0.4, 0.5) is 0 Å². The lowest BCUT2D eigenvalue weighted by molar-refractivity contribution is -0.571. The van der Waals surface area contributed by atoms with Crippen LogP contribution < -0.4 is 9.30 Å². The van der Waals surface area contributed by atoms with Crippen LogP contribution in [0.3, 0.4) is 0 Å². The van der Waals surface area contributed by atoms with Crippen LogP contribution >= 0.6 is 0 Å². The summed E-state index contributed by atoms with van der Waals surface area (Å²) in [6.45, 7) is -53.7. The maximum atomic E-state index is 10.4. The molecule has 3 heterocycles. The van der Waals surface area contributed by atoms with Gasteiger partial charge in [-0.25, -0.2) is 4.98 Å². The summed E-state index contributed by atoms with van der Waals surface area (Å²) in [5.41, 5.74) is -44.0. The van der Waals surface area contributed by atoms with Gasteiger partial charge in [-0.2, -0.15) is 0 Å². The smallest absolute Gasteiger partial charge is 0.269 e. The number of pyridine rings is 1. The number of aromatic nitrogens is 4. The minimum absolute atomic E-state index is 0.0196. The van der Waals surface area contributed by atoms with Crippen LogP contribution in [0.1, 0.15) is 228 Å². The Hall–Kier alpha value is -7.24. The molecule has 0 radical (unpaired) electrons. The summed E-state index contributed by atoms with van der Waals surface area (Å²) >= 11 is 0. The molecule has 0 bridgehead atoms. The quantitative estimate of drug-likeness (QED) is 0.118. The number of ether oxygens (including phenoxy) is 1. The summed E-state index contributed by atoms with van der Waals surface area (Å²) in [6, 6.07) is 13.0. The van der Waals surface area contributed by atoms with Crippen LogP contribution in [0, 0.1) is 6.33 Å². The second-order valence-corrected chi connectivity index (χ2v) is 18.9. The van der Waals surface area contributed by atoms with E-state index < -0.39 is 256 Å². The van der Waals surface area contributed by atoms with Crippen LogP contribution in [-0.2, 0) is 32.5 Å². The van der Waals surface area contributed by atoms with E-state index in [9.17, 15) is 24.7 Å². The molecule has 7 aromatic carbocycles. The van der Waals surface area contributed by atoms with E-state index in [1.54, 1.807) is 12.1 Å². The first-order chi connectivity index (χ1) is 58.8. The van der Waals surface area contributed by atoms with E-state index in [2.05, 4.69) is 11.3 Å². The minimum Gasteiger partial charge on any atom is -0.458 e. The Morgan fingerprint density at radius 1 is 0.506 bits per heavy atom. The molecular weight excluding hydrogens is 937 g/mol. The van der Waals surface area contributed by atoms with Crippen molar-refractivity contribution in [1.29, 1.82) is 0 Å². The normalized spacial score (nSPS) is 34.6. The minimum atomic E-state index is -4.94. The van der Waals surface area contributed by atoms with Crippen molar-refractivity contribution in [2.75, 3.05) is 0 Å². The fourth-order valence-corrected chi connectivity index (χ4v) is 10.0. The van der Waals surface area contributed by atoms with Crippen LogP contribution in [0.2, 0.25) is 0 Å². The summed E-state index contributed by atoms with van der Waals surface area (Å²) in [4.78, 5) is 4.41. The maximum Gasteiger partial charge on any atom is 0.269 e. The molecule has 388 valence electrons. The zero-order chi connectivity index (χ0) is 99.6. The molecule has 5 nitrogen and oxygen atoms in total. The topological polar surface area (TPSA) is 35.9 Å². The van der Waals surface area contributed by atoms with Gasteiger partial charge in [0.25, 0.3) is 6.33 Å². The molecule has 77 heavy (non-hydrogen) atoms. The van der Waals surface area contributed by atoms with Crippen molar-refractivity contribution in [1.82, 2.24) is 14.1 Å². The van der Waals surface area contributed by atoms with E-state index in [1.165, 1.54) is 83.4 Å². The van der Waals surface area contributed by atoms with Gasteiger partial charge in [0, 0.05) is 88.8 Å². The van der Waals surface area contributed by atoms with E-state index in [-0.39, 0.29) is 39.3 Å². The molecule has 3 aromatic heterocycles. The third-order valence-corrected chi connectivity index (χ3v) is 13.7. The molecule has 3 aliphatic carbocycles. The summed E-state index contributed by atoms with van der Waals surface area (Å²) in [7, 11) is 0. The van der Waals surface area contributed by atoms with Gasteiger partial charge < -0.3 is 4.74 Å². The van der Waals surface area contributed by atoms with E-state index in [4.69, 9.17) is 54.1 Å². The Bertz CT molecular complexity index is 6100. The lowest BCUT2D eigenvalue weighted by Crippen LogP contribution is -2.34. The van der Waals surface area contributed by atoms with Gasteiger partial charge in [0.1, 0.15) is 17.3 Å². The lowest BCUT2D eigenvalue weighted by atomic mass is 9.62. The fourth-order valence-electron chi connectivity index (χ4n) is 10.0. The molecule has 13 rings (SSSR count). The van der Waals surface area contributed by atoms with Crippen molar-refractivity contribution in [3.05, 3.63) is 197 Å². The number of imidazole rings is 1. The number of fused-ring (bicyclic) bond motifs is 7. The Labute approximate surface area is 532 Å². The number of hydrogen-bond donors (Lipinski definition) is 0. The predicted molar refractivity (Wildman–Crippen MR) is 319 cm³/mol. The lowest BCUT2D eigenvalue weighted by Gasteiger charge is -2.42. The highest BCUT2D eigenvalue weighted by atomic mass is 16.5. The average Bonchev–Trinajstić information content (AvgIpc) is 0.861. The highest BCUT2D eigenvalue weighted by Crippen LogP contribution is 2.51. The molecule has 0 saturated carbocycles. The first-order valence-electron chi connectivity index (χ1n) is 50.5. The third kappa shape index (κ3) is 8.00. The highest BCUT2D eigenvalue weighted by Gasteiger charge is 2.40. The van der Waals surface area contributed by atoms with Crippen LogP contribution in [0.25, 0.3) is 72.3 Å². The van der Waals surface area contributed by atoms with Gasteiger partial charge in [0.2, 0.25) is 0 Å². The predicted octanol–water partition coefficient (Wildman–Crippen LogP) is 18.4. The molecule has 0 aliphatic heterocycles. The molecule has 3 aliphatic rings. The molecule has 0 fully saturated rings. The van der Waals surface area contributed by atoms with E-state index in [0.29, 0.717) is 23.0 Å². The first-order valence-corrected chi connectivity index (χ1v) is 23.5. The van der Waals surface area contributed by atoms with Gasteiger partial charge in [-0.1, -0.05) is 185 Å². The first kappa shape index (κ1) is 17.9. The van der Waals surface area contributed by atoms with Crippen molar-refractivity contribution in [2.24, 2.45) is 0 Å². The van der Waals surface area contributed by atoms with Gasteiger partial charge in [-0.15, -0.1) is 0 Å². The Balaban J connectivity index is 1.15.